The fraction of sp³-hybridized carbons (Fsp3) is 0.375. The standard InChI is InChI=1S/C16H18F2N2O4S/c1-4-9-12(14(21)23-3)13(20-16(25)19-9)8-5-6-10(22-2)11(7-8)24-15(17)18/h5-7,13,15H,4H2,1-3H3,(H2,19,20,25)/t13-/m1/s1. The third kappa shape index (κ3) is 4.16. The van der Waals surface area contributed by atoms with E-state index in [0.717, 1.165) is 0 Å². The molecule has 0 saturated carbocycles. The van der Waals surface area contributed by atoms with Crippen molar-refractivity contribution < 1.29 is 27.8 Å². The Hall–Kier alpha value is -2.42. The van der Waals surface area contributed by atoms with Gasteiger partial charge in [0.15, 0.2) is 16.6 Å². The van der Waals surface area contributed by atoms with Gasteiger partial charge in [0, 0.05) is 5.70 Å². The number of halogens is 2. The van der Waals surface area contributed by atoms with Crippen LogP contribution in [-0.2, 0) is 9.53 Å². The minimum Gasteiger partial charge on any atom is -0.493 e. The number of carbonyl (C=O) groups is 1. The van der Waals surface area contributed by atoms with E-state index in [0.29, 0.717) is 28.4 Å². The first kappa shape index (κ1) is 18.9. The van der Waals surface area contributed by atoms with E-state index >= 15 is 0 Å². The number of esters is 1. The van der Waals surface area contributed by atoms with Crippen LogP contribution in [0.25, 0.3) is 0 Å². The van der Waals surface area contributed by atoms with Gasteiger partial charge in [0.2, 0.25) is 0 Å². The lowest BCUT2D eigenvalue weighted by molar-refractivity contribution is -0.136. The number of methoxy groups -OCH3 is 2. The van der Waals surface area contributed by atoms with Crippen molar-refractivity contribution in [3.8, 4) is 11.5 Å². The highest BCUT2D eigenvalue weighted by atomic mass is 32.1. The molecule has 0 aromatic heterocycles. The minimum absolute atomic E-state index is 0.136. The number of nitrogens with one attached hydrogen (secondary N) is 2. The second kappa shape index (κ2) is 8.11. The number of hydrogen-bond acceptors (Lipinski definition) is 5. The lowest BCUT2D eigenvalue weighted by Crippen LogP contribution is -2.45. The van der Waals surface area contributed by atoms with E-state index in [1.807, 2.05) is 6.92 Å². The molecule has 136 valence electrons. The van der Waals surface area contributed by atoms with Crippen molar-refractivity contribution >= 4 is 23.3 Å². The van der Waals surface area contributed by atoms with Crippen LogP contribution in [0.5, 0.6) is 11.5 Å². The molecule has 9 heteroatoms. The summed E-state index contributed by atoms with van der Waals surface area (Å²) >= 11 is 5.17. The third-order valence-electron chi connectivity index (χ3n) is 3.65. The maximum Gasteiger partial charge on any atom is 0.387 e. The van der Waals surface area contributed by atoms with Crippen LogP contribution in [-0.4, -0.2) is 31.9 Å². The Labute approximate surface area is 149 Å². The average Bonchev–Trinajstić information content (AvgIpc) is 2.59. The van der Waals surface area contributed by atoms with Gasteiger partial charge in [0.25, 0.3) is 0 Å². The van der Waals surface area contributed by atoms with Gasteiger partial charge in [0.05, 0.1) is 25.8 Å². The highest BCUT2D eigenvalue weighted by molar-refractivity contribution is 7.80. The first-order chi connectivity index (χ1) is 11.9. The predicted molar refractivity (Wildman–Crippen MR) is 90.6 cm³/mol. The fourth-order valence-corrected chi connectivity index (χ4v) is 2.80. The molecule has 1 aromatic rings. The SMILES string of the molecule is CCC1=C(C(=O)OC)[C@@H](c2ccc(OC)c(OC(F)F)c2)NC(=S)N1. The molecular formula is C16H18F2N2O4S. The van der Waals surface area contributed by atoms with Gasteiger partial charge in [0.1, 0.15) is 0 Å². The molecule has 25 heavy (non-hydrogen) atoms. The van der Waals surface area contributed by atoms with Gasteiger partial charge in [-0.25, -0.2) is 4.79 Å². The molecule has 0 unspecified atom stereocenters. The Morgan fingerprint density at radius 2 is 2.04 bits per heavy atom. The lowest BCUT2D eigenvalue weighted by atomic mass is 9.94. The summed E-state index contributed by atoms with van der Waals surface area (Å²) in [6.07, 6.45) is 0.513. The number of rotatable bonds is 6. The molecule has 1 atom stereocenters. The number of allylic oxidation sites excluding steroid dienone is 1. The van der Waals surface area contributed by atoms with Crippen molar-refractivity contribution in [1.82, 2.24) is 10.6 Å². The van der Waals surface area contributed by atoms with Crippen LogP contribution in [0.4, 0.5) is 8.78 Å². The topological polar surface area (TPSA) is 68.8 Å². The molecule has 0 radical (unpaired) electrons. The number of ether oxygens (including phenoxy) is 3. The molecule has 0 fully saturated rings. The van der Waals surface area contributed by atoms with Crippen molar-refractivity contribution in [2.24, 2.45) is 0 Å². The van der Waals surface area contributed by atoms with Crippen LogP contribution in [0.15, 0.2) is 29.5 Å². The van der Waals surface area contributed by atoms with Crippen molar-refractivity contribution in [3.05, 3.63) is 35.0 Å². The van der Waals surface area contributed by atoms with Gasteiger partial charge in [-0.1, -0.05) is 13.0 Å². The number of benzene rings is 1. The van der Waals surface area contributed by atoms with E-state index in [4.69, 9.17) is 21.7 Å². The summed E-state index contributed by atoms with van der Waals surface area (Å²) in [5.41, 5.74) is 1.44. The van der Waals surface area contributed by atoms with Gasteiger partial charge in [-0.05, 0) is 36.3 Å². The number of carbonyl (C=O) groups excluding carboxylic acids is 1. The molecule has 6 nitrogen and oxygen atoms in total. The summed E-state index contributed by atoms with van der Waals surface area (Å²) in [7, 11) is 2.62. The summed E-state index contributed by atoms with van der Waals surface area (Å²) in [4.78, 5) is 12.2. The molecular weight excluding hydrogens is 354 g/mol. The smallest absolute Gasteiger partial charge is 0.387 e. The molecule has 2 rings (SSSR count). The summed E-state index contributed by atoms with van der Waals surface area (Å²) in [6, 6.07) is 3.84. The Bertz CT molecular complexity index is 709. The van der Waals surface area contributed by atoms with Crippen LogP contribution in [0.2, 0.25) is 0 Å². The zero-order chi connectivity index (χ0) is 18.6. The second-order valence-electron chi connectivity index (χ2n) is 5.06. The highest BCUT2D eigenvalue weighted by Gasteiger charge is 2.32. The van der Waals surface area contributed by atoms with Crippen molar-refractivity contribution in [1.29, 1.82) is 0 Å². The van der Waals surface area contributed by atoms with E-state index in [2.05, 4.69) is 15.4 Å². The van der Waals surface area contributed by atoms with E-state index in [-0.39, 0.29) is 11.5 Å². The largest absolute Gasteiger partial charge is 0.493 e. The molecule has 1 aliphatic rings. The van der Waals surface area contributed by atoms with Gasteiger partial charge in [-0.2, -0.15) is 8.78 Å². The summed E-state index contributed by atoms with van der Waals surface area (Å²) in [5, 5.41) is 6.20. The number of thiocarbonyl (C=S) groups is 1. The molecule has 0 aliphatic carbocycles. The van der Waals surface area contributed by atoms with Crippen molar-refractivity contribution in [2.45, 2.75) is 26.0 Å². The molecule has 1 aliphatic heterocycles. The summed E-state index contributed by atoms with van der Waals surface area (Å²) in [6.45, 7) is -1.15. The molecule has 1 aromatic carbocycles. The van der Waals surface area contributed by atoms with E-state index in [1.165, 1.54) is 26.4 Å². The maximum absolute atomic E-state index is 12.6. The van der Waals surface area contributed by atoms with Crippen LogP contribution in [0.1, 0.15) is 24.9 Å². The number of hydrogen-bond donors (Lipinski definition) is 2. The monoisotopic (exact) mass is 372 g/mol. The zero-order valence-electron chi connectivity index (χ0n) is 13.9. The summed E-state index contributed by atoms with van der Waals surface area (Å²) < 4.78 is 39.7. The second-order valence-corrected chi connectivity index (χ2v) is 5.47. The zero-order valence-corrected chi connectivity index (χ0v) is 14.7. The number of alkyl halides is 2. The van der Waals surface area contributed by atoms with Crippen LogP contribution in [0.3, 0.4) is 0 Å². The van der Waals surface area contributed by atoms with Crippen molar-refractivity contribution in [2.75, 3.05) is 14.2 Å². The van der Waals surface area contributed by atoms with Crippen LogP contribution in [0, 0.1) is 0 Å². The van der Waals surface area contributed by atoms with Gasteiger partial charge in [-0.3, -0.25) is 0 Å². The van der Waals surface area contributed by atoms with E-state index in [1.54, 1.807) is 6.07 Å². The quantitative estimate of drug-likeness (QED) is 0.588. The maximum atomic E-state index is 12.6. The Kier molecular flexibility index (Phi) is 6.13. The first-order valence-corrected chi connectivity index (χ1v) is 7.83. The molecule has 0 spiro atoms. The normalized spacial score (nSPS) is 17.0. The lowest BCUT2D eigenvalue weighted by Gasteiger charge is -2.30. The van der Waals surface area contributed by atoms with Gasteiger partial charge in [-0.15, -0.1) is 0 Å². The molecule has 0 saturated heterocycles. The molecule has 1 heterocycles. The van der Waals surface area contributed by atoms with Crippen LogP contribution < -0.4 is 20.1 Å². The first-order valence-electron chi connectivity index (χ1n) is 7.42. The molecule has 0 bridgehead atoms. The minimum atomic E-state index is -3.01. The Morgan fingerprint density at radius 3 is 2.60 bits per heavy atom. The molecule has 0 amide bonds. The van der Waals surface area contributed by atoms with E-state index in [9.17, 15) is 13.6 Å². The fourth-order valence-electron chi connectivity index (χ4n) is 2.56. The predicted octanol–water partition coefficient (Wildman–Crippen LogP) is 2.65. The highest BCUT2D eigenvalue weighted by Crippen LogP contribution is 2.35. The van der Waals surface area contributed by atoms with Gasteiger partial charge >= 0.3 is 12.6 Å². The van der Waals surface area contributed by atoms with Gasteiger partial charge < -0.3 is 24.8 Å². The third-order valence-corrected chi connectivity index (χ3v) is 3.87. The molecule has 2 N–H and O–H groups in total. The van der Waals surface area contributed by atoms with Crippen molar-refractivity contribution in [3.63, 3.8) is 0 Å². The summed E-state index contributed by atoms with van der Waals surface area (Å²) in [5.74, 6) is -0.528. The Balaban J connectivity index is 2.53. The van der Waals surface area contributed by atoms with E-state index < -0.39 is 18.6 Å². The average molecular weight is 372 g/mol. The Morgan fingerprint density at radius 1 is 1.32 bits per heavy atom. The van der Waals surface area contributed by atoms with Crippen LogP contribution >= 0.6 is 12.2 Å².